The highest BCUT2D eigenvalue weighted by molar-refractivity contribution is 7.90. The van der Waals surface area contributed by atoms with E-state index in [1.807, 2.05) is 12.1 Å². The van der Waals surface area contributed by atoms with Crippen LogP contribution in [0, 0.1) is 0 Å². The number of likely N-dealkylation sites (tertiary alicyclic amines) is 1. The fourth-order valence-corrected chi connectivity index (χ4v) is 3.52. The van der Waals surface area contributed by atoms with Gasteiger partial charge in [-0.1, -0.05) is 23.7 Å². The van der Waals surface area contributed by atoms with Gasteiger partial charge in [-0.05, 0) is 31.4 Å². The van der Waals surface area contributed by atoms with Gasteiger partial charge in [0.05, 0.1) is 23.4 Å². The fourth-order valence-electron chi connectivity index (χ4n) is 2.65. The summed E-state index contributed by atoms with van der Waals surface area (Å²) in [7, 11) is -3.13. The third-order valence-electron chi connectivity index (χ3n) is 3.94. The molecule has 134 valence electrons. The molecule has 0 aromatic heterocycles. The van der Waals surface area contributed by atoms with Crippen LogP contribution in [-0.2, 0) is 14.6 Å². The lowest BCUT2D eigenvalue weighted by Crippen LogP contribution is -2.50. The maximum Gasteiger partial charge on any atom is 0.239 e. The van der Waals surface area contributed by atoms with Crippen LogP contribution in [0.2, 0.25) is 5.02 Å². The molecule has 2 atom stereocenters. The lowest BCUT2D eigenvalue weighted by Gasteiger charge is -2.34. The molecular weight excluding hydrogens is 352 g/mol. The molecule has 0 saturated carbocycles. The normalized spacial score (nSPS) is 19.8. The molecule has 1 aliphatic rings. The molecule has 0 aliphatic carbocycles. The van der Waals surface area contributed by atoms with Crippen molar-refractivity contribution in [1.29, 1.82) is 0 Å². The smallest absolute Gasteiger partial charge is 0.239 e. The zero-order chi connectivity index (χ0) is 17.7. The first-order valence-electron chi connectivity index (χ1n) is 7.89. The third-order valence-corrected chi connectivity index (χ3v) is 5.23. The monoisotopic (exact) mass is 374 g/mol. The van der Waals surface area contributed by atoms with Crippen LogP contribution < -0.4 is 10.5 Å². The molecule has 1 amide bonds. The quantitative estimate of drug-likeness (QED) is 0.814. The maximum atomic E-state index is 12.4. The molecule has 1 aliphatic heterocycles. The van der Waals surface area contributed by atoms with Crippen LogP contribution in [0.1, 0.15) is 19.3 Å². The van der Waals surface area contributed by atoms with Gasteiger partial charge < -0.3 is 15.4 Å². The number of carbonyl (C=O) groups is 1. The summed E-state index contributed by atoms with van der Waals surface area (Å²) in [5, 5.41) is 0.533. The fraction of sp³-hybridized carbons (Fsp3) is 0.562. The minimum Gasteiger partial charge on any atom is -0.487 e. The first-order chi connectivity index (χ1) is 11.3. The number of rotatable bonds is 6. The number of benzene rings is 1. The Labute approximate surface area is 147 Å². The van der Waals surface area contributed by atoms with Crippen LogP contribution in [0.4, 0.5) is 0 Å². The van der Waals surface area contributed by atoms with E-state index in [9.17, 15) is 13.2 Å². The van der Waals surface area contributed by atoms with Crippen LogP contribution in [0.5, 0.6) is 5.75 Å². The highest BCUT2D eigenvalue weighted by Gasteiger charge is 2.28. The van der Waals surface area contributed by atoms with Gasteiger partial charge in [0.25, 0.3) is 0 Å². The van der Waals surface area contributed by atoms with Gasteiger partial charge in [0.2, 0.25) is 5.91 Å². The van der Waals surface area contributed by atoms with E-state index >= 15 is 0 Å². The van der Waals surface area contributed by atoms with Crippen LogP contribution >= 0.6 is 11.6 Å². The Balaban J connectivity index is 1.92. The Bertz CT molecular complexity index is 680. The first kappa shape index (κ1) is 19.0. The Hall–Kier alpha value is -1.31. The number of ether oxygens (including phenoxy) is 1. The van der Waals surface area contributed by atoms with Crippen LogP contribution in [0.3, 0.4) is 0 Å². The Kier molecular flexibility index (Phi) is 6.48. The molecule has 24 heavy (non-hydrogen) atoms. The van der Waals surface area contributed by atoms with E-state index in [1.165, 1.54) is 0 Å². The second kappa shape index (κ2) is 8.18. The first-order valence-corrected chi connectivity index (χ1v) is 10.3. The van der Waals surface area contributed by atoms with E-state index in [0.717, 1.165) is 19.1 Å². The van der Waals surface area contributed by atoms with E-state index in [1.54, 1.807) is 17.0 Å². The highest BCUT2D eigenvalue weighted by atomic mass is 35.5. The van der Waals surface area contributed by atoms with Gasteiger partial charge in [-0.3, -0.25) is 4.79 Å². The number of piperidine rings is 1. The van der Waals surface area contributed by atoms with Gasteiger partial charge >= 0.3 is 0 Å². The molecule has 0 spiro atoms. The van der Waals surface area contributed by atoms with Crippen molar-refractivity contribution >= 4 is 27.3 Å². The summed E-state index contributed by atoms with van der Waals surface area (Å²) in [6.45, 7) is 1.03. The van der Waals surface area contributed by atoms with Crippen molar-refractivity contribution in [2.24, 2.45) is 5.73 Å². The number of nitrogens with two attached hydrogens (primary N) is 1. The number of amides is 1. The van der Waals surface area contributed by atoms with Crippen LogP contribution in [0.15, 0.2) is 24.3 Å². The summed E-state index contributed by atoms with van der Waals surface area (Å²) in [6, 6.07) is 6.41. The van der Waals surface area contributed by atoms with Crippen molar-refractivity contribution in [1.82, 2.24) is 4.90 Å². The van der Waals surface area contributed by atoms with Crippen molar-refractivity contribution in [3.8, 4) is 5.75 Å². The predicted molar refractivity (Wildman–Crippen MR) is 94.0 cm³/mol. The average Bonchev–Trinajstić information content (AvgIpc) is 2.53. The lowest BCUT2D eigenvalue weighted by atomic mass is 10.1. The molecule has 1 saturated heterocycles. The Morgan fingerprint density at radius 3 is 2.83 bits per heavy atom. The van der Waals surface area contributed by atoms with E-state index in [2.05, 4.69) is 0 Å². The number of nitrogens with zero attached hydrogens (tertiary/aromatic N) is 1. The summed E-state index contributed by atoms with van der Waals surface area (Å²) in [4.78, 5) is 14.1. The van der Waals surface area contributed by atoms with Gasteiger partial charge in [-0.2, -0.15) is 0 Å². The van der Waals surface area contributed by atoms with E-state index < -0.39 is 15.9 Å². The summed E-state index contributed by atoms with van der Waals surface area (Å²) in [6.07, 6.45) is 2.75. The standard InChI is InChI=1S/C16H23ClN2O4S/c1-24(21,22)10-8-14(18)16(20)19-9-4-5-12(11-19)23-15-7-3-2-6-13(15)17/h2-3,6-7,12,14H,4-5,8-11,18H2,1H3. The van der Waals surface area contributed by atoms with E-state index in [-0.39, 0.29) is 24.2 Å². The average molecular weight is 375 g/mol. The number of sulfone groups is 1. The summed E-state index contributed by atoms with van der Waals surface area (Å²) in [5.74, 6) is 0.277. The summed E-state index contributed by atoms with van der Waals surface area (Å²) >= 11 is 6.09. The van der Waals surface area contributed by atoms with Crippen LogP contribution in [-0.4, -0.2) is 56.5 Å². The molecule has 2 unspecified atom stereocenters. The molecule has 2 rings (SSSR count). The molecule has 2 N–H and O–H groups in total. The number of halogens is 1. The molecule has 1 aromatic rings. The molecule has 0 radical (unpaired) electrons. The number of hydrogen-bond acceptors (Lipinski definition) is 5. The molecule has 6 nitrogen and oxygen atoms in total. The molecule has 1 heterocycles. The van der Waals surface area contributed by atoms with Crippen molar-refractivity contribution in [2.45, 2.75) is 31.4 Å². The molecule has 1 fully saturated rings. The minimum absolute atomic E-state index is 0.0900. The minimum atomic E-state index is -3.13. The summed E-state index contributed by atoms with van der Waals surface area (Å²) < 4.78 is 28.3. The van der Waals surface area contributed by atoms with E-state index in [0.29, 0.717) is 23.9 Å². The van der Waals surface area contributed by atoms with Gasteiger partial charge in [0.15, 0.2) is 0 Å². The maximum absolute atomic E-state index is 12.4. The van der Waals surface area contributed by atoms with Crippen LogP contribution in [0.25, 0.3) is 0 Å². The van der Waals surface area contributed by atoms with Crippen molar-refractivity contribution in [2.75, 3.05) is 25.1 Å². The lowest BCUT2D eigenvalue weighted by molar-refractivity contribution is -0.135. The second-order valence-corrected chi connectivity index (χ2v) is 8.79. The summed E-state index contributed by atoms with van der Waals surface area (Å²) in [5.41, 5.74) is 5.86. The predicted octanol–water partition coefficient (Wildman–Crippen LogP) is 1.47. The third kappa shape index (κ3) is 5.65. The van der Waals surface area contributed by atoms with Crippen molar-refractivity contribution < 1.29 is 17.9 Å². The van der Waals surface area contributed by atoms with Gasteiger partial charge in [-0.25, -0.2) is 8.42 Å². The number of para-hydroxylation sites is 1. The Morgan fingerprint density at radius 1 is 1.46 bits per heavy atom. The van der Waals surface area contributed by atoms with Crippen molar-refractivity contribution in [3.05, 3.63) is 29.3 Å². The number of carbonyl (C=O) groups excluding carboxylic acids is 1. The van der Waals surface area contributed by atoms with Gasteiger partial charge in [0.1, 0.15) is 21.7 Å². The zero-order valence-electron chi connectivity index (χ0n) is 13.7. The van der Waals surface area contributed by atoms with Gasteiger partial charge in [0, 0.05) is 12.8 Å². The Morgan fingerprint density at radius 2 is 2.17 bits per heavy atom. The zero-order valence-corrected chi connectivity index (χ0v) is 15.2. The molecule has 0 bridgehead atoms. The topological polar surface area (TPSA) is 89.7 Å². The van der Waals surface area contributed by atoms with Crippen molar-refractivity contribution in [3.63, 3.8) is 0 Å². The highest BCUT2D eigenvalue weighted by Crippen LogP contribution is 2.26. The molecular formula is C16H23ClN2O4S. The van der Waals surface area contributed by atoms with E-state index in [4.69, 9.17) is 22.1 Å². The SMILES string of the molecule is CS(=O)(=O)CCC(N)C(=O)N1CCCC(Oc2ccccc2Cl)C1. The molecule has 8 heteroatoms. The second-order valence-electron chi connectivity index (χ2n) is 6.12. The van der Waals surface area contributed by atoms with Gasteiger partial charge in [-0.15, -0.1) is 0 Å². The largest absolute Gasteiger partial charge is 0.487 e. The molecule has 1 aromatic carbocycles. The number of hydrogen-bond donors (Lipinski definition) is 1.